The van der Waals surface area contributed by atoms with Gasteiger partial charge in [-0.15, -0.1) is 0 Å². The second-order valence-corrected chi connectivity index (χ2v) is 5.66. The fraction of sp³-hybridized carbons (Fsp3) is 0.667. The van der Waals surface area contributed by atoms with Crippen molar-refractivity contribution in [2.24, 2.45) is 0 Å². The number of likely N-dealkylation sites (N-methyl/N-ethyl adjacent to an activating group) is 1. The van der Waals surface area contributed by atoms with E-state index in [4.69, 9.17) is 0 Å². The molecule has 0 heterocycles. The maximum absolute atomic E-state index is 3.51. The summed E-state index contributed by atoms with van der Waals surface area (Å²) >= 11 is 0. The van der Waals surface area contributed by atoms with Gasteiger partial charge in [0.05, 0.1) is 0 Å². The van der Waals surface area contributed by atoms with Crippen molar-refractivity contribution in [2.45, 2.75) is 58.5 Å². The van der Waals surface area contributed by atoms with E-state index in [1.165, 1.54) is 44.3 Å². The Morgan fingerprint density at radius 1 is 1.00 bits per heavy atom. The van der Waals surface area contributed by atoms with Crippen LogP contribution in [0.5, 0.6) is 0 Å². The third-order valence-electron chi connectivity index (χ3n) is 4.13. The summed E-state index contributed by atoms with van der Waals surface area (Å²) < 4.78 is 0. The van der Waals surface area contributed by atoms with Gasteiger partial charge < -0.3 is 5.32 Å². The summed E-state index contributed by atoms with van der Waals surface area (Å²) in [6, 6.07) is 11.8. The summed E-state index contributed by atoms with van der Waals surface area (Å²) in [7, 11) is 2.08. The van der Waals surface area contributed by atoms with Gasteiger partial charge in [0.15, 0.2) is 0 Å². The summed E-state index contributed by atoms with van der Waals surface area (Å²) in [6.07, 6.45) is 5.12. The van der Waals surface area contributed by atoms with E-state index in [0.29, 0.717) is 12.1 Å². The Morgan fingerprint density at radius 2 is 1.55 bits per heavy atom. The fourth-order valence-electron chi connectivity index (χ4n) is 2.80. The van der Waals surface area contributed by atoms with Crippen LogP contribution in [0.1, 0.15) is 58.1 Å². The molecule has 0 aromatic heterocycles. The molecule has 2 nitrogen and oxygen atoms in total. The summed E-state index contributed by atoms with van der Waals surface area (Å²) in [5.74, 6) is 0. The van der Waals surface area contributed by atoms with E-state index in [1.54, 1.807) is 0 Å². The molecule has 0 aliphatic heterocycles. The highest BCUT2D eigenvalue weighted by atomic mass is 15.2. The van der Waals surface area contributed by atoms with E-state index in [0.717, 1.165) is 0 Å². The molecular weight excluding hydrogens is 244 g/mol. The molecule has 0 bridgehead atoms. The highest BCUT2D eigenvalue weighted by molar-refractivity contribution is 5.20. The Hall–Kier alpha value is -0.860. The minimum Gasteiger partial charge on any atom is -0.312 e. The van der Waals surface area contributed by atoms with Crippen molar-refractivity contribution in [3.05, 3.63) is 35.9 Å². The fourth-order valence-corrected chi connectivity index (χ4v) is 2.80. The molecule has 1 aromatic rings. The van der Waals surface area contributed by atoms with Crippen molar-refractivity contribution in [3.8, 4) is 0 Å². The van der Waals surface area contributed by atoms with Gasteiger partial charge in [0.25, 0.3) is 0 Å². The number of rotatable bonds is 10. The SMILES string of the molecule is CCCCN(CCCC)C(C)C(NC)c1ccccc1. The average Bonchev–Trinajstić information content (AvgIpc) is 2.49. The first kappa shape index (κ1) is 17.2. The lowest BCUT2D eigenvalue weighted by atomic mass is 9.98. The molecule has 0 spiro atoms. The Labute approximate surface area is 125 Å². The van der Waals surface area contributed by atoms with Crippen LogP contribution in [-0.2, 0) is 0 Å². The molecule has 0 saturated heterocycles. The highest BCUT2D eigenvalue weighted by Crippen LogP contribution is 2.21. The van der Waals surface area contributed by atoms with E-state index in [9.17, 15) is 0 Å². The number of unbranched alkanes of at least 4 members (excludes halogenated alkanes) is 2. The molecule has 114 valence electrons. The molecule has 0 aliphatic carbocycles. The molecule has 0 radical (unpaired) electrons. The van der Waals surface area contributed by atoms with E-state index in [-0.39, 0.29) is 0 Å². The van der Waals surface area contributed by atoms with E-state index >= 15 is 0 Å². The molecule has 0 amide bonds. The van der Waals surface area contributed by atoms with Crippen LogP contribution in [0.25, 0.3) is 0 Å². The number of hydrogen-bond acceptors (Lipinski definition) is 2. The van der Waals surface area contributed by atoms with Crippen molar-refractivity contribution < 1.29 is 0 Å². The van der Waals surface area contributed by atoms with Crippen molar-refractivity contribution in [1.82, 2.24) is 10.2 Å². The Bertz CT molecular complexity index is 329. The summed E-state index contributed by atoms with van der Waals surface area (Å²) in [5.41, 5.74) is 1.39. The van der Waals surface area contributed by atoms with Crippen molar-refractivity contribution in [1.29, 1.82) is 0 Å². The van der Waals surface area contributed by atoms with Gasteiger partial charge in [-0.3, -0.25) is 4.90 Å². The molecule has 20 heavy (non-hydrogen) atoms. The minimum atomic E-state index is 0.407. The largest absolute Gasteiger partial charge is 0.312 e. The van der Waals surface area contributed by atoms with Crippen LogP contribution >= 0.6 is 0 Å². The van der Waals surface area contributed by atoms with Gasteiger partial charge in [0.1, 0.15) is 0 Å². The first-order valence-corrected chi connectivity index (χ1v) is 8.20. The summed E-state index contributed by atoms with van der Waals surface area (Å²) in [6.45, 7) is 9.33. The van der Waals surface area contributed by atoms with E-state index in [1.807, 2.05) is 0 Å². The van der Waals surface area contributed by atoms with Crippen molar-refractivity contribution in [2.75, 3.05) is 20.1 Å². The molecule has 1 N–H and O–H groups in total. The molecule has 1 aromatic carbocycles. The molecule has 2 atom stereocenters. The monoisotopic (exact) mass is 276 g/mol. The molecule has 2 unspecified atom stereocenters. The van der Waals surface area contributed by atoms with Gasteiger partial charge in [0.2, 0.25) is 0 Å². The summed E-state index contributed by atoms with van der Waals surface area (Å²) in [4.78, 5) is 2.65. The molecule has 0 aliphatic rings. The number of nitrogens with one attached hydrogen (secondary N) is 1. The zero-order valence-corrected chi connectivity index (χ0v) is 13.7. The molecular formula is C18H32N2. The van der Waals surface area contributed by atoms with Crippen molar-refractivity contribution in [3.63, 3.8) is 0 Å². The van der Waals surface area contributed by atoms with Crippen LogP contribution in [0.3, 0.4) is 0 Å². The predicted molar refractivity (Wildman–Crippen MR) is 89.1 cm³/mol. The first-order valence-electron chi connectivity index (χ1n) is 8.20. The average molecular weight is 276 g/mol. The van der Waals surface area contributed by atoms with Crippen molar-refractivity contribution >= 4 is 0 Å². The zero-order chi connectivity index (χ0) is 14.8. The summed E-state index contributed by atoms with van der Waals surface area (Å²) in [5, 5.41) is 3.51. The Balaban J connectivity index is 2.75. The lowest BCUT2D eigenvalue weighted by Crippen LogP contribution is -2.43. The second-order valence-electron chi connectivity index (χ2n) is 5.66. The second kappa shape index (κ2) is 9.95. The van der Waals surface area contributed by atoms with Crippen LogP contribution in [0.2, 0.25) is 0 Å². The zero-order valence-electron chi connectivity index (χ0n) is 13.7. The highest BCUT2D eigenvalue weighted by Gasteiger charge is 2.22. The third-order valence-corrected chi connectivity index (χ3v) is 4.13. The smallest absolute Gasteiger partial charge is 0.0473 e. The number of nitrogens with zero attached hydrogens (tertiary/aromatic N) is 1. The van der Waals surface area contributed by atoms with Gasteiger partial charge in [-0.05, 0) is 45.5 Å². The van der Waals surface area contributed by atoms with Gasteiger partial charge >= 0.3 is 0 Å². The van der Waals surface area contributed by atoms with Crippen LogP contribution in [0.4, 0.5) is 0 Å². The standard InChI is InChI=1S/C18H32N2/c1-5-7-14-20(15-8-6-2)16(3)18(19-4)17-12-10-9-11-13-17/h9-13,16,18-19H,5-8,14-15H2,1-4H3. The van der Waals surface area contributed by atoms with Gasteiger partial charge in [-0.25, -0.2) is 0 Å². The first-order chi connectivity index (χ1) is 9.74. The third kappa shape index (κ3) is 5.26. The molecule has 2 heteroatoms. The maximum atomic E-state index is 3.51. The van der Waals surface area contributed by atoms with E-state index < -0.39 is 0 Å². The molecule has 0 saturated carbocycles. The quantitative estimate of drug-likeness (QED) is 0.687. The van der Waals surface area contributed by atoms with Gasteiger partial charge in [0, 0.05) is 12.1 Å². The Morgan fingerprint density at radius 3 is 2.00 bits per heavy atom. The minimum absolute atomic E-state index is 0.407. The normalized spacial score (nSPS) is 14.4. The van der Waals surface area contributed by atoms with Crippen LogP contribution in [0, 0.1) is 0 Å². The van der Waals surface area contributed by atoms with Crippen LogP contribution < -0.4 is 5.32 Å². The number of hydrogen-bond donors (Lipinski definition) is 1. The molecule has 0 fully saturated rings. The topological polar surface area (TPSA) is 15.3 Å². The predicted octanol–water partition coefficient (Wildman–Crippen LogP) is 4.24. The van der Waals surface area contributed by atoms with Gasteiger partial charge in [-0.1, -0.05) is 57.0 Å². The lowest BCUT2D eigenvalue weighted by Gasteiger charge is -2.35. The number of benzene rings is 1. The van der Waals surface area contributed by atoms with Crippen LogP contribution in [-0.4, -0.2) is 31.1 Å². The van der Waals surface area contributed by atoms with E-state index in [2.05, 4.69) is 68.4 Å². The molecule has 1 rings (SSSR count). The Kier molecular flexibility index (Phi) is 8.56. The lowest BCUT2D eigenvalue weighted by molar-refractivity contribution is 0.167. The maximum Gasteiger partial charge on any atom is 0.0473 e. The van der Waals surface area contributed by atoms with Gasteiger partial charge in [-0.2, -0.15) is 0 Å². The van der Waals surface area contributed by atoms with Crippen LogP contribution in [0.15, 0.2) is 30.3 Å².